The lowest BCUT2D eigenvalue weighted by molar-refractivity contribution is -0.139. The summed E-state index contributed by atoms with van der Waals surface area (Å²) in [5, 5.41) is 11.7. The van der Waals surface area contributed by atoms with Crippen LogP contribution in [0.5, 0.6) is 5.75 Å². The minimum atomic E-state index is -1.02. The third-order valence-corrected chi connectivity index (χ3v) is 5.13. The Morgan fingerprint density at radius 3 is 2.65 bits per heavy atom. The van der Waals surface area contributed by atoms with Gasteiger partial charge < -0.3 is 15.2 Å². The molecule has 0 aromatic carbocycles. The summed E-state index contributed by atoms with van der Waals surface area (Å²) < 4.78 is 5.93. The molecule has 5 nitrogen and oxygen atoms in total. The van der Waals surface area contributed by atoms with E-state index < -0.39 is 17.9 Å². The molecule has 0 bridgehead atoms. The lowest BCUT2D eigenvalue weighted by Crippen LogP contribution is -2.40. The van der Waals surface area contributed by atoms with Crippen LogP contribution in [0.3, 0.4) is 0 Å². The molecule has 0 saturated heterocycles. The Labute approximate surface area is 130 Å². The number of aryl methyl sites for hydroxylation is 1. The van der Waals surface area contributed by atoms with Gasteiger partial charge in [0, 0.05) is 4.88 Å². The Balaban J connectivity index is 2.89. The van der Waals surface area contributed by atoms with Crippen molar-refractivity contribution in [3.05, 3.63) is 14.2 Å². The predicted molar refractivity (Wildman–Crippen MR) is 81.7 cm³/mol. The van der Waals surface area contributed by atoms with E-state index in [1.165, 1.54) is 18.4 Å². The van der Waals surface area contributed by atoms with Crippen LogP contribution in [0.4, 0.5) is 0 Å². The van der Waals surface area contributed by atoms with Crippen LogP contribution in [0.15, 0.2) is 4.47 Å². The molecule has 1 unspecified atom stereocenters. The number of unbranched alkanes of at least 4 members (excludes halogenated alkanes) is 1. The van der Waals surface area contributed by atoms with E-state index in [-0.39, 0.29) is 0 Å². The van der Waals surface area contributed by atoms with Crippen LogP contribution < -0.4 is 10.1 Å². The summed E-state index contributed by atoms with van der Waals surface area (Å²) in [5.74, 6) is -0.980. The molecule has 1 heterocycles. The van der Waals surface area contributed by atoms with Gasteiger partial charge in [0.15, 0.2) is 5.75 Å². The maximum Gasteiger partial charge on any atom is 0.326 e. The highest BCUT2D eigenvalue weighted by atomic mass is 79.9. The molecule has 0 aliphatic carbocycles. The lowest BCUT2D eigenvalue weighted by atomic mass is 10.1. The average molecular weight is 364 g/mol. The van der Waals surface area contributed by atoms with Crippen LogP contribution in [0.2, 0.25) is 0 Å². The first-order valence-electron chi connectivity index (χ1n) is 6.28. The fraction of sp³-hybridized carbons (Fsp3) is 0.538. The van der Waals surface area contributed by atoms with E-state index in [0.717, 1.165) is 22.2 Å². The van der Waals surface area contributed by atoms with Crippen molar-refractivity contribution in [2.75, 3.05) is 7.11 Å². The standard InChI is InChI=1S/C13H18BrNO4S/c1-4-5-6-8(13(17)18)15-12(16)11-10(19-3)9(14)7(2)20-11/h8H,4-6H2,1-3H3,(H,15,16)(H,17,18). The second-order valence-corrected chi connectivity index (χ2v) is 6.36. The topological polar surface area (TPSA) is 75.6 Å². The largest absolute Gasteiger partial charge is 0.494 e. The highest BCUT2D eigenvalue weighted by Gasteiger charge is 2.25. The number of rotatable bonds is 7. The SMILES string of the molecule is CCCCC(NC(=O)c1sc(C)c(Br)c1OC)C(=O)O. The van der Waals surface area contributed by atoms with Crippen LogP contribution in [0, 0.1) is 6.92 Å². The Hall–Kier alpha value is -1.08. The molecular weight excluding hydrogens is 346 g/mol. The zero-order valence-electron chi connectivity index (χ0n) is 11.7. The van der Waals surface area contributed by atoms with Crippen LogP contribution in [-0.4, -0.2) is 30.1 Å². The zero-order chi connectivity index (χ0) is 15.3. The molecule has 1 rings (SSSR count). The van der Waals surface area contributed by atoms with Crippen LogP contribution in [-0.2, 0) is 4.79 Å². The first kappa shape index (κ1) is 17.0. The molecule has 0 aliphatic rings. The van der Waals surface area contributed by atoms with Crippen molar-refractivity contribution >= 4 is 39.1 Å². The number of aliphatic carboxylic acids is 1. The maximum absolute atomic E-state index is 12.2. The number of nitrogens with one attached hydrogen (secondary N) is 1. The molecule has 1 aromatic rings. The molecule has 0 spiro atoms. The third-order valence-electron chi connectivity index (χ3n) is 2.83. The smallest absolute Gasteiger partial charge is 0.326 e. The average Bonchev–Trinajstić information content (AvgIpc) is 2.69. The highest BCUT2D eigenvalue weighted by Crippen LogP contribution is 2.39. The van der Waals surface area contributed by atoms with Crippen LogP contribution in [0.1, 0.15) is 40.7 Å². The van der Waals surface area contributed by atoms with E-state index in [0.29, 0.717) is 17.0 Å². The van der Waals surface area contributed by atoms with Crippen molar-refractivity contribution in [2.45, 2.75) is 39.2 Å². The van der Waals surface area contributed by atoms with Gasteiger partial charge in [0.2, 0.25) is 0 Å². The summed E-state index contributed by atoms with van der Waals surface area (Å²) in [5.41, 5.74) is 0. The van der Waals surface area contributed by atoms with Gasteiger partial charge in [-0.1, -0.05) is 19.8 Å². The monoisotopic (exact) mass is 363 g/mol. The first-order valence-corrected chi connectivity index (χ1v) is 7.89. The van der Waals surface area contributed by atoms with Crippen molar-refractivity contribution in [1.82, 2.24) is 5.32 Å². The van der Waals surface area contributed by atoms with Crippen molar-refractivity contribution in [2.24, 2.45) is 0 Å². The summed E-state index contributed by atoms with van der Waals surface area (Å²) in [4.78, 5) is 24.6. The van der Waals surface area contributed by atoms with Gasteiger partial charge in [-0.3, -0.25) is 4.79 Å². The normalized spacial score (nSPS) is 12.0. The number of carbonyl (C=O) groups excluding carboxylic acids is 1. The molecule has 1 amide bonds. The van der Waals surface area contributed by atoms with Crippen molar-refractivity contribution in [1.29, 1.82) is 0 Å². The first-order chi connectivity index (χ1) is 9.42. The third kappa shape index (κ3) is 3.96. The summed E-state index contributed by atoms with van der Waals surface area (Å²) in [6, 6.07) is -0.867. The summed E-state index contributed by atoms with van der Waals surface area (Å²) >= 11 is 4.63. The van der Waals surface area contributed by atoms with Gasteiger partial charge in [-0.25, -0.2) is 4.79 Å². The Morgan fingerprint density at radius 1 is 1.50 bits per heavy atom. The molecule has 1 atom stereocenters. The van der Waals surface area contributed by atoms with Gasteiger partial charge in [0.05, 0.1) is 11.6 Å². The van der Waals surface area contributed by atoms with Crippen LogP contribution in [0.25, 0.3) is 0 Å². The second-order valence-electron chi connectivity index (χ2n) is 4.34. The number of amides is 1. The number of hydrogen-bond donors (Lipinski definition) is 2. The summed E-state index contributed by atoms with van der Waals surface area (Å²) in [6.45, 7) is 3.84. The molecule has 1 aromatic heterocycles. The van der Waals surface area contributed by atoms with Crippen molar-refractivity contribution in [3.63, 3.8) is 0 Å². The fourth-order valence-electron chi connectivity index (χ4n) is 1.72. The molecular formula is C13H18BrNO4S. The molecule has 0 radical (unpaired) electrons. The molecule has 7 heteroatoms. The van der Waals surface area contributed by atoms with Gasteiger partial charge in [-0.15, -0.1) is 11.3 Å². The van der Waals surface area contributed by atoms with E-state index in [1.54, 1.807) is 0 Å². The number of carboxylic acid groups (broad SMARTS) is 1. The van der Waals surface area contributed by atoms with Gasteiger partial charge >= 0.3 is 5.97 Å². The molecule has 0 aliphatic heterocycles. The number of ether oxygens (including phenoxy) is 1. The number of halogens is 1. The Bertz CT molecular complexity index is 501. The maximum atomic E-state index is 12.2. The number of hydrogen-bond acceptors (Lipinski definition) is 4. The summed E-state index contributed by atoms with van der Waals surface area (Å²) in [6.07, 6.45) is 2.06. The minimum absolute atomic E-state index is 0.389. The Morgan fingerprint density at radius 2 is 2.15 bits per heavy atom. The van der Waals surface area contributed by atoms with E-state index in [9.17, 15) is 9.59 Å². The summed E-state index contributed by atoms with van der Waals surface area (Å²) in [7, 11) is 1.48. The quantitative estimate of drug-likeness (QED) is 0.779. The van der Waals surface area contributed by atoms with Crippen LogP contribution >= 0.6 is 27.3 Å². The van der Waals surface area contributed by atoms with Gasteiger partial charge in [-0.05, 0) is 29.3 Å². The second kappa shape index (κ2) is 7.64. The van der Waals surface area contributed by atoms with Crippen molar-refractivity contribution < 1.29 is 19.4 Å². The molecule has 20 heavy (non-hydrogen) atoms. The Kier molecular flexibility index (Phi) is 6.48. The van der Waals surface area contributed by atoms with E-state index in [4.69, 9.17) is 9.84 Å². The lowest BCUT2D eigenvalue weighted by Gasteiger charge is -2.13. The van der Waals surface area contributed by atoms with E-state index in [2.05, 4.69) is 21.2 Å². The van der Waals surface area contributed by atoms with E-state index in [1.807, 2.05) is 13.8 Å². The number of carboxylic acids is 1. The van der Waals surface area contributed by atoms with Gasteiger partial charge in [0.1, 0.15) is 10.9 Å². The molecule has 112 valence electrons. The number of methoxy groups -OCH3 is 1. The van der Waals surface area contributed by atoms with Gasteiger partial charge in [-0.2, -0.15) is 0 Å². The van der Waals surface area contributed by atoms with Gasteiger partial charge in [0.25, 0.3) is 5.91 Å². The highest BCUT2D eigenvalue weighted by molar-refractivity contribution is 9.10. The predicted octanol–water partition coefficient (Wildman–Crippen LogP) is 3.20. The number of thiophene rings is 1. The molecule has 2 N–H and O–H groups in total. The van der Waals surface area contributed by atoms with Crippen molar-refractivity contribution in [3.8, 4) is 5.75 Å². The molecule has 0 saturated carbocycles. The minimum Gasteiger partial charge on any atom is -0.494 e. The zero-order valence-corrected chi connectivity index (χ0v) is 14.1. The fourth-order valence-corrected chi connectivity index (χ4v) is 3.38. The van der Waals surface area contributed by atoms with E-state index >= 15 is 0 Å². The number of carbonyl (C=O) groups is 2. The molecule has 0 fully saturated rings.